The minimum Gasteiger partial charge on any atom is -0.493 e. The fraction of sp³-hybridized carbons (Fsp3) is 0.333. The van der Waals surface area contributed by atoms with Crippen molar-refractivity contribution < 1.29 is 23.5 Å². The molecule has 0 aliphatic carbocycles. The summed E-state index contributed by atoms with van der Waals surface area (Å²) < 4.78 is 16.6. The lowest BCUT2D eigenvalue weighted by Gasteiger charge is -2.38. The van der Waals surface area contributed by atoms with Crippen molar-refractivity contribution >= 4 is 28.9 Å². The molecule has 1 saturated heterocycles. The van der Waals surface area contributed by atoms with Crippen LogP contribution in [0.15, 0.2) is 77.2 Å². The minimum atomic E-state index is -0.355. The van der Waals surface area contributed by atoms with Crippen LogP contribution in [0.25, 0.3) is 0 Å². The minimum absolute atomic E-state index is 0.194. The van der Waals surface area contributed by atoms with Crippen LogP contribution in [0.5, 0.6) is 11.5 Å². The Morgan fingerprint density at radius 3 is 2.29 bits per heavy atom. The molecule has 3 aromatic carbocycles. The number of anilines is 3. The Morgan fingerprint density at radius 2 is 1.60 bits per heavy atom. The number of ether oxygens (including phenoxy) is 2. The maximum absolute atomic E-state index is 13.2. The van der Waals surface area contributed by atoms with Crippen LogP contribution in [-0.4, -0.2) is 58.3 Å². The second-order valence-electron chi connectivity index (χ2n) is 11.1. The molecule has 1 aromatic heterocycles. The van der Waals surface area contributed by atoms with Gasteiger partial charge in [0.2, 0.25) is 0 Å². The van der Waals surface area contributed by atoms with Crippen molar-refractivity contribution in [3.05, 3.63) is 101 Å². The molecule has 1 fully saturated rings. The average Bonchev–Trinajstić information content (AvgIpc) is 3.50. The highest BCUT2D eigenvalue weighted by Crippen LogP contribution is 2.31. The summed E-state index contributed by atoms with van der Waals surface area (Å²) in [5.74, 6) is 1.76. The van der Waals surface area contributed by atoms with Gasteiger partial charge in [-0.1, -0.05) is 24.3 Å². The predicted octanol–water partition coefficient (Wildman–Crippen LogP) is 6.25. The SMILES string of the molecule is CCOc1cc(CCCNC(=O)c2ccc(N3CCN(c4ccccc4C)CC3)c(NC(=O)c3ccc(C)o3)c2)ccc1OC. The van der Waals surface area contributed by atoms with E-state index < -0.39 is 0 Å². The molecule has 0 unspecified atom stereocenters. The molecule has 1 aliphatic heterocycles. The molecule has 0 bridgehead atoms. The van der Waals surface area contributed by atoms with Crippen LogP contribution in [0, 0.1) is 13.8 Å². The second-order valence-corrected chi connectivity index (χ2v) is 11.1. The summed E-state index contributed by atoms with van der Waals surface area (Å²) in [5.41, 5.74) is 5.53. The number of para-hydroxylation sites is 1. The van der Waals surface area contributed by atoms with Gasteiger partial charge in [0.05, 0.1) is 25.1 Å². The number of carbonyl (C=O) groups excluding carboxylic acids is 2. The molecule has 2 amide bonds. The summed E-state index contributed by atoms with van der Waals surface area (Å²) in [6.45, 7) is 10.2. The molecule has 0 radical (unpaired) electrons. The van der Waals surface area contributed by atoms with Crippen LogP contribution in [0.3, 0.4) is 0 Å². The topological polar surface area (TPSA) is 96.3 Å². The molecule has 236 valence electrons. The first-order valence-electron chi connectivity index (χ1n) is 15.5. The van der Waals surface area contributed by atoms with Gasteiger partial charge in [-0.25, -0.2) is 0 Å². The van der Waals surface area contributed by atoms with Crippen molar-refractivity contribution in [3.63, 3.8) is 0 Å². The Hall–Kier alpha value is -4.92. The molecule has 1 aliphatic rings. The van der Waals surface area contributed by atoms with Gasteiger partial charge in [0.15, 0.2) is 17.3 Å². The zero-order valence-electron chi connectivity index (χ0n) is 26.5. The lowest BCUT2D eigenvalue weighted by Crippen LogP contribution is -2.47. The number of methoxy groups -OCH3 is 1. The summed E-state index contributed by atoms with van der Waals surface area (Å²) in [5, 5.41) is 6.04. The van der Waals surface area contributed by atoms with Crippen molar-refractivity contribution in [2.75, 3.05) is 61.6 Å². The molecule has 9 nitrogen and oxygen atoms in total. The first-order valence-corrected chi connectivity index (χ1v) is 15.5. The lowest BCUT2D eigenvalue weighted by atomic mass is 10.1. The third-order valence-corrected chi connectivity index (χ3v) is 8.00. The number of carbonyl (C=O) groups is 2. The van der Waals surface area contributed by atoms with E-state index in [1.54, 1.807) is 32.2 Å². The van der Waals surface area contributed by atoms with Crippen LogP contribution >= 0.6 is 0 Å². The summed E-state index contributed by atoms with van der Waals surface area (Å²) in [6.07, 6.45) is 1.54. The van der Waals surface area contributed by atoms with Gasteiger partial charge in [0, 0.05) is 44.0 Å². The number of aryl methyl sites for hydroxylation is 3. The molecule has 0 atom stereocenters. The monoisotopic (exact) mass is 610 g/mol. The van der Waals surface area contributed by atoms with Crippen molar-refractivity contribution in [2.45, 2.75) is 33.6 Å². The number of nitrogens with one attached hydrogen (secondary N) is 2. The van der Waals surface area contributed by atoms with Gasteiger partial charge in [0.1, 0.15) is 5.76 Å². The fourth-order valence-electron chi connectivity index (χ4n) is 5.64. The molecule has 2 heterocycles. The first kappa shape index (κ1) is 31.5. The third-order valence-electron chi connectivity index (χ3n) is 8.00. The van der Waals surface area contributed by atoms with E-state index in [1.165, 1.54) is 11.3 Å². The van der Waals surface area contributed by atoms with Crippen LogP contribution in [0.2, 0.25) is 0 Å². The van der Waals surface area contributed by atoms with Gasteiger partial charge in [-0.15, -0.1) is 0 Å². The van der Waals surface area contributed by atoms with E-state index in [1.807, 2.05) is 37.3 Å². The number of furan rings is 1. The highest BCUT2D eigenvalue weighted by atomic mass is 16.5. The molecule has 5 rings (SSSR count). The zero-order chi connectivity index (χ0) is 31.8. The Balaban J connectivity index is 1.26. The van der Waals surface area contributed by atoms with Gasteiger partial charge in [-0.2, -0.15) is 0 Å². The summed E-state index contributed by atoms with van der Waals surface area (Å²) in [6, 6.07) is 23.2. The maximum Gasteiger partial charge on any atom is 0.291 e. The normalized spacial score (nSPS) is 13.0. The van der Waals surface area contributed by atoms with E-state index in [4.69, 9.17) is 13.9 Å². The van der Waals surface area contributed by atoms with Crippen molar-refractivity contribution in [1.82, 2.24) is 5.32 Å². The first-order chi connectivity index (χ1) is 21.9. The number of hydrogen-bond donors (Lipinski definition) is 2. The van der Waals surface area contributed by atoms with Gasteiger partial charge >= 0.3 is 0 Å². The van der Waals surface area contributed by atoms with E-state index in [-0.39, 0.29) is 17.6 Å². The van der Waals surface area contributed by atoms with Crippen molar-refractivity contribution in [3.8, 4) is 11.5 Å². The van der Waals surface area contributed by atoms with Gasteiger partial charge in [0.25, 0.3) is 11.8 Å². The quantitative estimate of drug-likeness (QED) is 0.183. The number of nitrogens with zero attached hydrogens (tertiary/aromatic N) is 2. The maximum atomic E-state index is 13.2. The van der Waals surface area contributed by atoms with Crippen molar-refractivity contribution in [2.24, 2.45) is 0 Å². The van der Waals surface area contributed by atoms with E-state index >= 15 is 0 Å². The largest absolute Gasteiger partial charge is 0.493 e. The number of piperazine rings is 1. The Morgan fingerprint density at radius 1 is 0.844 bits per heavy atom. The average molecular weight is 611 g/mol. The zero-order valence-corrected chi connectivity index (χ0v) is 26.5. The summed E-state index contributed by atoms with van der Waals surface area (Å²) in [4.78, 5) is 31.0. The molecule has 2 N–H and O–H groups in total. The predicted molar refractivity (Wildman–Crippen MR) is 178 cm³/mol. The molecule has 4 aromatic rings. The number of hydrogen-bond acceptors (Lipinski definition) is 7. The van der Waals surface area contributed by atoms with E-state index in [9.17, 15) is 9.59 Å². The number of rotatable bonds is 12. The van der Waals surface area contributed by atoms with Gasteiger partial charge in [-0.05, 0) is 93.3 Å². The lowest BCUT2D eigenvalue weighted by molar-refractivity contribution is 0.0951. The van der Waals surface area contributed by atoms with Gasteiger partial charge < -0.3 is 34.3 Å². The van der Waals surface area contributed by atoms with Crippen LogP contribution in [-0.2, 0) is 6.42 Å². The third kappa shape index (κ3) is 7.78. The molecule has 9 heteroatoms. The molecular weight excluding hydrogens is 568 g/mol. The molecule has 0 saturated carbocycles. The van der Waals surface area contributed by atoms with Crippen LogP contribution < -0.4 is 29.9 Å². The van der Waals surface area contributed by atoms with E-state index in [0.29, 0.717) is 35.9 Å². The van der Waals surface area contributed by atoms with Crippen molar-refractivity contribution in [1.29, 1.82) is 0 Å². The Labute approximate surface area is 265 Å². The second kappa shape index (κ2) is 14.7. The molecular formula is C36H42N4O5. The Bertz CT molecular complexity index is 1620. The summed E-state index contributed by atoms with van der Waals surface area (Å²) >= 11 is 0. The standard InChI is InChI=1S/C36H42N4O5/c1-5-44-34-23-27(13-17-32(34)43-4)10-8-18-37-35(41)28-14-15-31(29(24-28)38-36(42)33-16-12-26(3)45-33)40-21-19-39(20-22-40)30-11-7-6-9-25(30)2/h6-7,9,11-17,23-24H,5,8,10,18-22H2,1-4H3,(H,37,41)(H,38,42). The smallest absolute Gasteiger partial charge is 0.291 e. The number of amides is 2. The highest BCUT2D eigenvalue weighted by molar-refractivity contribution is 6.05. The van der Waals surface area contributed by atoms with Crippen LogP contribution in [0.4, 0.5) is 17.1 Å². The van der Waals surface area contributed by atoms with E-state index in [2.05, 4.69) is 51.6 Å². The van der Waals surface area contributed by atoms with E-state index in [0.717, 1.165) is 56.0 Å². The Kier molecular flexibility index (Phi) is 10.3. The van der Waals surface area contributed by atoms with Crippen LogP contribution in [0.1, 0.15) is 51.1 Å². The highest BCUT2D eigenvalue weighted by Gasteiger charge is 2.23. The molecule has 45 heavy (non-hydrogen) atoms. The van der Waals surface area contributed by atoms with Gasteiger partial charge in [-0.3, -0.25) is 9.59 Å². The summed E-state index contributed by atoms with van der Waals surface area (Å²) in [7, 11) is 1.63. The fourth-order valence-corrected chi connectivity index (χ4v) is 5.64. The molecule has 0 spiro atoms. The number of benzene rings is 3.